The zero-order chi connectivity index (χ0) is 13.0. The number of halogens is 1. The molecule has 0 bridgehead atoms. The largest absolute Gasteiger partial charge is 0.461 e. The van der Waals surface area contributed by atoms with Crippen molar-refractivity contribution in [2.24, 2.45) is 4.99 Å². The highest BCUT2D eigenvalue weighted by molar-refractivity contribution is 8.17. The Hall–Kier alpha value is -1.75. The molecule has 2 aromatic rings. The van der Waals surface area contributed by atoms with Gasteiger partial charge in [0.1, 0.15) is 0 Å². The zero-order valence-corrected chi connectivity index (χ0v) is 11.1. The summed E-state index contributed by atoms with van der Waals surface area (Å²) < 4.78 is 18.9. The number of furan rings is 1. The summed E-state index contributed by atoms with van der Waals surface area (Å²) in [6.45, 7) is 3.80. The third kappa shape index (κ3) is 1.48. The second-order valence-electron chi connectivity index (χ2n) is 4.58. The number of allylic oxidation sites excluding steroid dienone is 1. The first-order valence-corrected chi connectivity index (χ1v) is 6.94. The predicted octanol–water partition coefficient (Wildman–Crippen LogP) is 3.68. The summed E-state index contributed by atoms with van der Waals surface area (Å²) in [5.41, 5.74) is 2.47. The highest BCUT2D eigenvalue weighted by Gasteiger charge is 2.32. The fourth-order valence-corrected chi connectivity index (χ4v) is 3.71. The summed E-state index contributed by atoms with van der Waals surface area (Å²) in [5, 5.41) is 1.87. The number of amidine groups is 1. The standard InChI is InChI=1S/C14H11FN2OS/c1-8-12(17-6-5-16-14(17)19-8)9-2-3-11(15)13-10(9)4-7-18-13/h2-4,7H,5-6H2,1H3. The zero-order valence-electron chi connectivity index (χ0n) is 10.3. The van der Waals surface area contributed by atoms with Gasteiger partial charge in [-0.2, -0.15) is 0 Å². The van der Waals surface area contributed by atoms with Crippen LogP contribution >= 0.6 is 11.8 Å². The summed E-state index contributed by atoms with van der Waals surface area (Å²) in [6, 6.07) is 5.12. The molecular weight excluding hydrogens is 263 g/mol. The number of hydrogen-bond donors (Lipinski definition) is 0. The van der Waals surface area contributed by atoms with Crippen LogP contribution in [0.2, 0.25) is 0 Å². The Morgan fingerprint density at radius 1 is 1.37 bits per heavy atom. The number of nitrogens with zero attached hydrogens (tertiary/aromatic N) is 2. The van der Waals surface area contributed by atoms with Gasteiger partial charge in [0.15, 0.2) is 16.6 Å². The van der Waals surface area contributed by atoms with Crippen LogP contribution in [-0.4, -0.2) is 23.2 Å². The Morgan fingerprint density at radius 2 is 2.26 bits per heavy atom. The molecule has 0 N–H and O–H groups in total. The van der Waals surface area contributed by atoms with E-state index in [1.807, 2.05) is 12.1 Å². The number of aliphatic imine (C=N–C) groups is 1. The van der Waals surface area contributed by atoms with Gasteiger partial charge in [0.05, 0.1) is 18.5 Å². The van der Waals surface area contributed by atoms with Crippen molar-refractivity contribution in [2.75, 3.05) is 13.1 Å². The van der Waals surface area contributed by atoms with Crippen LogP contribution in [0.25, 0.3) is 16.7 Å². The van der Waals surface area contributed by atoms with Gasteiger partial charge in [-0.05, 0) is 25.1 Å². The van der Waals surface area contributed by atoms with Crippen LogP contribution in [-0.2, 0) is 0 Å². The molecular formula is C14H11FN2OS. The molecule has 0 aliphatic carbocycles. The van der Waals surface area contributed by atoms with E-state index in [0.717, 1.165) is 34.9 Å². The molecule has 0 radical (unpaired) electrons. The molecule has 2 aliphatic rings. The van der Waals surface area contributed by atoms with Crippen molar-refractivity contribution < 1.29 is 8.81 Å². The lowest BCUT2D eigenvalue weighted by Crippen LogP contribution is -2.20. The molecule has 0 saturated heterocycles. The molecule has 0 unspecified atom stereocenters. The van der Waals surface area contributed by atoms with Gasteiger partial charge < -0.3 is 9.32 Å². The van der Waals surface area contributed by atoms with E-state index >= 15 is 0 Å². The minimum Gasteiger partial charge on any atom is -0.461 e. The molecule has 2 aliphatic heterocycles. The van der Waals surface area contributed by atoms with E-state index < -0.39 is 0 Å². The molecule has 0 fully saturated rings. The van der Waals surface area contributed by atoms with Crippen molar-refractivity contribution in [3.05, 3.63) is 40.7 Å². The average molecular weight is 274 g/mol. The summed E-state index contributed by atoms with van der Waals surface area (Å²) in [7, 11) is 0. The van der Waals surface area contributed by atoms with Gasteiger partial charge in [-0.15, -0.1) is 0 Å². The minimum absolute atomic E-state index is 0.317. The van der Waals surface area contributed by atoms with Crippen LogP contribution in [0.15, 0.2) is 38.8 Å². The predicted molar refractivity (Wildman–Crippen MR) is 75.4 cm³/mol. The Morgan fingerprint density at radius 3 is 3.16 bits per heavy atom. The molecule has 0 amide bonds. The molecule has 4 rings (SSSR count). The maximum Gasteiger partial charge on any atom is 0.170 e. The molecule has 5 heteroatoms. The Labute approximate surface area is 113 Å². The van der Waals surface area contributed by atoms with Crippen molar-refractivity contribution in [3.8, 4) is 0 Å². The molecule has 3 heterocycles. The number of rotatable bonds is 1. The third-order valence-electron chi connectivity index (χ3n) is 3.47. The summed E-state index contributed by atoms with van der Waals surface area (Å²) in [6.07, 6.45) is 1.54. The lowest BCUT2D eigenvalue weighted by atomic mass is 10.1. The highest BCUT2D eigenvalue weighted by Crippen LogP contribution is 2.43. The second kappa shape index (κ2) is 3.87. The summed E-state index contributed by atoms with van der Waals surface area (Å²) in [5.74, 6) is -0.317. The van der Waals surface area contributed by atoms with E-state index in [1.54, 1.807) is 11.8 Å². The van der Waals surface area contributed by atoms with Gasteiger partial charge in [-0.25, -0.2) is 4.39 Å². The number of fused-ring (bicyclic) bond motifs is 2. The van der Waals surface area contributed by atoms with E-state index in [2.05, 4.69) is 16.8 Å². The number of thioether (sulfide) groups is 1. The Kier molecular flexibility index (Phi) is 2.26. The van der Waals surface area contributed by atoms with Gasteiger partial charge in [0.2, 0.25) is 0 Å². The molecule has 19 heavy (non-hydrogen) atoms. The lowest BCUT2D eigenvalue weighted by molar-refractivity contribution is 0.560. The van der Waals surface area contributed by atoms with Crippen LogP contribution in [0, 0.1) is 5.82 Å². The summed E-state index contributed by atoms with van der Waals surface area (Å²) in [4.78, 5) is 7.88. The van der Waals surface area contributed by atoms with Gasteiger partial charge >= 0.3 is 0 Å². The smallest absolute Gasteiger partial charge is 0.170 e. The maximum absolute atomic E-state index is 13.7. The van der Waals surface area contributed by atoms with Crippen LogP contribution in [0.3, 0.4) is 0 Å². The Bertz CT molecular complexity index is 747. The van der Waals surface area contributed by atoms with Crippen LogP contribution in [0.1, 0.15) is 12.5 Å². The van der Waals surface area contributed by atoms with E-state index in [0.29, 0.717) is 5.58 Å². The first-order chi connectivity index (χ1) is 9.25. The van der Waals surface area contributed by atoms with E-state index in [9.17, 15) is 4.39 Å². The first-order valence-electron chi connectivity index (χ1n) is 6.12. The fourth-order valence-electron chi connectivity index (χ4n) is 2.67. The molecule has 0 atom stereocenters. The van der Waals surface area contributed by atoms with E-state index in [-0.39, 0.29) is 5.82 Å². The quantitative estimate of drug-likeness (QED) is 0.794. The van der Waals surface area contributed by atoms with Crippen molar-refractivity contribution in [1.29, 1.82) is 0 Å². The fraction of sp³-hybridized carbons (Fsp3) is 0.214. The molecule has 96 valence electrons. The Balaban J connectivity index is 1.96. The first kappa shape index (κ1) is 11.1. The van der Waals surface area contributed by atoms with Crippen LogP contribution in [0.4, 0.5) is 4.39 Å². The molecule has 1 aromatic heterocycles. The van der Waals surface area contributed by atoms with Crippen molar-refractivity contribution in [1.82, 2.24) is 4.90 Å². The topological polar surface area (TPSA) is 28.7 Å². The molecule has 1 aromatic carbocycles. The molecule has 3 nitrogen and oxygen atoms in total. The number of benzene rings is 1. The SMILES string of the molecule is CC1=C(c2ccc(F)c3occc23)N2CCN=C2S1. The van der Waals surface area contributed by atoms with Gasteiger partial charge in [-0.1, -0.05) is 11.8 Å². The summed E-state index contributed by atoms with van der Waals surface area (Å²) >= 11 is 1.69. The van der Waals surface area contributed by atoms with E-state index in [1.165, 1.54) is 17.2 Å². The van der Waals surface area contributed by atoms with Gasteiger partial charge in [0.25, 0.3) is 0 Å². The normalized spacial score (nSPS) is 18.4. The van der Waals surface area contributed by atoms with Crippen molar-refractivity contribution >= 4 is 33.6 Å². The molecule has 0 spiro atoms. The highest BCUT2D eigenvalue weighted by atomic mass is 32.2. The van der Waals surface area contributed by atoms with Gasteiger partial charge in [-0.3, -0.25) is 4.99 Å². The van der Waals surface area contributed by atoms with Crippen LogP contribution < -0.4 is 0 Å². The van der Waals surface area contributed by atoms with Crippen LogP contribution in [0.5, 0.6) is 0 Å². The third-order valence-corrected chi connectivity index (χ3v) is 4.50. The molecule has 0 saturated carbocycles. The lowest BCUT2D eigenvalue weighted by Gasteiger charge is -2.17. The van der Waals surface area contributed by atoms with Crippen molar-refractivity contribution in [2.45, 2.75) is 6.92 Å². The minimum atomic E-state index is -0.317. The maximum atomic E-state index is 13.7. The van der Waals surface area contributed by atoms with Gasteiger partial charge in [0, 0.05) is 22.4 Å². The van der Waals surface area contributed by atoms with E-state index in [4.69, 9.17) is 4.42 Å². The number of hydrogen-bond acceptors (Lipinski definition) is 4. The average Bonchev–Trinajstić information content (AvgIpc) is 3.05. The second-order valence-corrected chi connectivity index (χ2v) is 5.76. The monoisotopic (exact) mass is 274 g/mol. The van der Waals surface area contributed by atoms with Crippen molar-refractivity contribution in [3.63, 3.8) is 0 Å².